The molecular formula is C22H28O. The fourth-order valence-electron chi connectivity index (χ4n) is 2.54. The Morgan fingerprint density at radius 3 is 2.04 bits per heavy atom. The number of ether oxygens (including phenoxy) is 1. The van der Waals surface area contributed by atoms with Crippen LogP contribution < -0.4 is 0 Å². The van der Waals surface area contributed by atoms with Crippen LogP contribution in [0.5, 0.6) is 0 Å². The van der Waals surface area contributed by atoms with Gasteiger partial charge in [-0.2, -0.15) is 0 Å². The molecule has 0 aliphatic carbocycles. The quantitative estimate of drug-likeness (QED) is 0.591. The van der Waals surface area contributed by atoms with E-state index in [2.05, 4.69) is 94.4 Å². The summed E-state index contributed by atoms with van der Waals surface area (Å²) < 4.78 is 6.13. The molecule has 23 heavy (non-hydrogen) atoms. The SMILES string of the molecule is CC(C)C(/C=C/C(C)(C)c1ccccc1)OCc1ccccc1. The summed E-state index contributed by atoms with van der Waals surface area (Å²) in [6.07, 6.45) is 4.62. The van der Waals surface area contributed by atoms with Gasteiger partial charge >= 0.3 is 0 Å². The van der Waals surface area contributed by atoms with E-state index in [1.807, 2.05) is 6.07 Å². The Labute approximate surface area is 141 Å². The predicted octanol–water partition coefficient (Wildman–Crippen LogP) is 5.76. The first-order valence-corrected chi connectivity index (χ1v) is 8.39. The second-order valence-corrected chi connectivity index (χ2v) is 6.95. The van der Waals surface area contributed by atoms with Crippen molar-refractivity contribution in [1.82, 2.24) is 0 Å². The minimum Gasteiger partial charge on any atom is -0.369 e. The summed E-state index contributed by atoms with van der Waals surface area (Å²) in [4.78, 5) is 0. The Hall–Kier alpha value is -1.86. The lowest BCUT2D eigenvalue weighted by molar-refractivity contribution is 0.0425. The van der Waals surface area contributed by atoms with Gasteiger partial charge in [0.2, 0.25) is 0 Å². The molecule has 0 amide bonds. The molecule has 0 aliphatic rings. The van der Waals surface area contributed by atoms with Gasteiger partial charge in [0.25, 0.3) is 0 Å². The molecule has 0 spiro atoms. The Kier molecular flexibility index (Phi) is 6.18. The largest absolute Gasteiger partial charge is 0.369 e. The van der Waals surface area contributed by atoms with Gasteiger partial charge in [-0.05, 0) is 17.0 Å². The molecule has 0 heterocycles. The van der Waals surface area contributed by atoms with Crippen LogP contribution in [0.25, 0.3) is 0 Å². The van der Waals surface area contributed by atoms with Crippen LogP contribution in [-0.4, -0.2) is 6.10 Å². The molecule has 1 nitrogen and oxygen atoms in total. The summed E-state index contributed by atoms with van der Waals surface area (Å²) in [6, 6.07) is 21.0. The molecule has 0 bridgehead atoms. The molecule has 0 aliphatic heterocycles. The maximum atomic E-state index is 6.13. The second kappa shape index (κ2) is 8.12. The monoisotopic (exact) mass is 308 g/mol. The summed E-state index contributed by atoms with van der Waals surface area (Å²) in [5.41, 5.74) is 2.54. The molecule has 0 radical (unpaired) electrons. The average molecular weight is 308 g/mol. The summed E-state index contributed by atoms with van der Waals surface area (Å²) in [5.74, 6) is 0.446. The van der Waals surface area contributed by atoms with E-state index in [0.717, 1.165) is 0 Å². The zero-order valence-corrected chi connectivity index (χ0v) is 14.7. The lowest BCUT2D eigenvalue weighted by Crippen LogP contribution is -2.20. The van der Waals surface area contributed by atoms with Crippen molar-refractivity contribution in [3.8, 4) is 0 Å². The van der Waals surface area contributed by atoms with Gasteiger partial charge in [0, 0.05) is 5.41 Å². The lowest BCUT2D eigenvalue weighted by Gasteiger charge is -2.24. The highest BCUT2D eigenvalue weighted by Gasteiger charge is 2.18. The van der Waals surface area contributed by atoms with Gasteiger partial charge in [0.05, 0.1) is 12.7 Å². The van der Waals surface area contributed by atoms with Gasteiger partial charge in [-0.1, -0.05) is 101 Å². The van der Waals surface area contributed by atoms with Crippen LogP contribution in [0.4, 0.5) is 0 Å². The molecule has 1 heteroatoms. The summed E-state index contributed by atoms with van der Waals surface area (Å²) in [6.45, 7) is 9.55. The van der Waals surface area contributed by atoms with Crippen molar-refractivity contribution < 1.29 is 4.74 Å². The highest BCUT2D eigenvalue weighted by Crippen LogP contribution is 2.25. The van der Waals surface area contributed by atoms with Gasteiger partial charge in [0.15, 0.2) is 0 Å². The third-order valence-corrected chi connectivity index (χ3v) is 4.16. The summed E-state index contributed by atoms with van der Waals surface area (Å²) in [5, 5.41) is 0. The van der Waals surface area contributed by atoms with Crippen LogP contribution in [0, 0.1) is 5.92 Å². The Morgan fingerprint density at radius 1 is 0.913 bits per heavy atom. The van der Waals surface area contributed by atoms with Gasteiger partial charge < -0.3 is 4.74 Å². The Balaban J connectivity index is 2.03. The Morgan fingerprint density at radius 2 is 1.48 bits per heavy atom. The topological polar surface area (TPSA) is 9.23 Å². The van der Waals surface area contributed by atoms with Crippen molar-refractivity contribution in [1.29, 1.82) is 0 Å². The van der Waals surface area contributed by atoms with Gasteiger partial charge in [0.1, 0.15) is 0 Å². The first-order chi connectivity index (χ1) is 11.0. The van der Waals surface area contributed by atoms with Crippen molar-refractivity contribution in [2.24, 2.45) is 5.92 Å². The standard InChI is InChI=1S/C22H28O/c1-18(2)21(23-17-19-11-7-5-8-12-19)15-16-22(3,4)20-13-9-6-10-14-20/h5-16,18,21H,17H2,1-4H3/b16-15+. The maximum Gasteiger partial charge on any atom is 0.0783 e. The fourth-order valence-corrected chi connectivity index (χ4v) is 2.54. The van der Waals surface area contributed by atoms with Crippen LogP contribution in [0.3, 0.4) is 0 Å². The van der Waals surface area contributed by atoms with E-state index in [4.69, 9.17) is 4.74 Å². The van der Waals surface area contributed by atoms with Gasteiger partial charge in [-0.25, -0.2) is 0 Å². The minimum atomic E-state index is 0.00447. The second-order valence-electron chi connectivity index (χ2n) is 6.95. The number of hydrogen-bond acceptors (Lipinski definition) is 1. The van der Waals surface area contributed by atoms with Crippen molar-refractivity contribution in [2.75, 3.05) is 0 Å². The smallest absolute Gasteiger partial charge is 0.0783 e. The Bertz CT molecular complexity index is 596. The third-order valence-electron chi connectivity index (χ3n) is 4.16. The highest BCUT2D eigenvalue weighted by molar-refractivity contribution is 5.29. The molecule has 122 valence electrons. The van der Waals surface area contributed by atoms with E-state index in [1.54, 1.807) is 0 Å². The molecule has 1 atom stereocenters. The minimum absolute atomic E-state index is 0.00447. The van der Waals surface area contributed by atoms with Crippen LogP contribution >= 0.6 is 0 Å². The average Bonchev–Trinajstić information content (AvgIpc) is 2.56. The number of allylic oxidation sites excluding steroid dienone is 1. The van der Waals surface area contributed by atoms with Crippen LogP contribution in [0.15, 0.2) is 72.8 Å². The van der Waals surface area contributed by atoms with Crippen LogP contribution in [-0.2, 0) is 16.8 Å². The molecular weight excluding hydrogens is 280 g/mol. The van der Waals surface area contributed by atoms with Crippen molar-refractivity contribution in [3.63, 3.8) is 0 Å². The van der Waals surface area contributed by atoms with Crippen molar-refractivity contribution in [2.45, 2.75) is 45.8 Å². The summed E-state index contributed by atoms with van der Waals surface area (Å²) in [7, 11) is 0. The zero-order valence-electron chi connectivity index (χ0n) is 14.7. The van der Waals surface area contributed by atoms with E-state index in [1.165, 1.54) is 11.1 Å². The number of rotatable bonds is 7. The maximum absolute atomic E-state index is 6.13. The van der Waals surface area contributed by atoms with E-state index in [-0.39, 0.29) is 11.5 Å². The normalized spacial score (nSPS) is 13.6. The van der Waals surface area contributed by atoms with Gasteiger partial charge in [-0.15, -0.1) is 0 Å². The molecule has 0 aromatic heterocycles. The van der Waals surface area contributed by atoms with E-state index in [0.29, 0.717) is 12.5 Å². The lowest BCUT2D eigenvalue weighted by atomic mass is 9.83. The zero-order chi connectivity index (χ0) is 16.7. The third kappa shape index (κ3) is 5.37. The van der Waals surface area contributed by atoms with Crippen molar-refractivity contribution in [3.05, 3.63) is 83.9 Å². The van der Waals surface area contributed by atoms with E-state index < -0.39 is 0 Å². The molecule has 0 N–H and O–H groups in total. The van der Waals surface area contributed by atoms with Crippen LogP contribution in [0.1, 0.15) is 38.8 Å². The molecule has 1 unspecified atom stereocenters. The first-order valence-electron chi connectivity index (χ1n) is 8.39. The molecule has 0 saturated heterocycles. The molecule has 2 rings (SSSR count). The molecule has 0 saturated carbocycles. The number of hydrogen-bond donors (Lipinski definition) is 0. The molecule has 2 aromatic carbocycles. The first kappa shape index (κ1) is 17.5. The van der Waals surface area contributed by atoms with E-state index >= 15 is 0 Å². The van der Waals surface area contributed by atoms with Crippen molar-refractivity contribution >= 4 is 0 Å². The fraction of sp³-hybridized carbons (Fsp3) is 0.364. The predicted molar refractivity (Wildman–Crippen MR) is 98.5 cm³/mol. The molecule has 0 fully saturated rings. The highest BCUT2D eigenvalue weighted by atomic mass is 16.5. The van der Waals surface area contributed by atoms with E-state index in [9.17, 15) is 0 Å². The summed E-state index contributed by atoms with van der Waals surface area (Å²) >= 11 is 0. The molecule has 2 aromatic rings. The van der Waals surface area contributed by atoms with Crippen LogP contribution in [0.2, 0.25) is 0 Å². The number of benzene rings is 2. The van der Waals surface area contributed by atoms with Gasteiger partial charge in [-0.3, -0.25) is 0 Å².